The quantitative estimate of drug-likeness (QED) is 0.721. The second kappa shape index (κ2) is 6.47. The van der Waals surface area contributed by atoms with Crippen LogP contribution in [0.15, 0.2) is 59.8 Å². The highest BCUT2D eigenvalue weighted by Gasteiger charge is 2.27. The molecule has 6 heteroatoms. The first-order chi connectivity index (χ1) is 12.2. The van der Waals surface area contributed by atoms with Crippen molar-refractivity contribution in [2.75, 3.05) is 13.1 Å². The summed E-state index contributed by atoms with van der Waals surface area (Å²) in [6.45, 7) is 1.18. The molecule has 2 aromatic heterocycles. The third-order valence-corrected chi connectivity index (χ3v) is 4.65. The highest BCUT2D eigenvalue weighted by molar-refractivity contribution is 5.92. The average Bonchev–Trinajstić information content (AvgIpc) is 2.69. The molecule has 0 bridgehead atoms. The van der Waals surface area contributed by atoms with Gasteiger partial charge in [0.25, 0.3) is 11.5 Å². The summed E-state index contributed by atoms with van der Waals surface area (Å²) in [6, 6.07) is 12.6. The number of nitrogens with zero attached hydrogens (tertiary/aromatic N) is 4. The summed E-state index contributed by atoms with van der Waals surface area (Å²) in [7, 11) is 0. The fraction of sp³-hybridized carbons (Fsp3) is 0.263. The van der Waals surface area contributed by atoms with Gasteiger partial charge < -0.3 is 4.90 Å². The zero-order valence-electron chi connectivity index (χ0n) is 13.7. The van der Waals surface area contributed by atoms with E-state index in [9.17, 15) is 9.59 Å². The zero-order chi connectivity index (χ0) is 17.2. The highest BCUT2D eigenvalue weighted by Crippen LogP contribution is 2.22. The van der Waals surface area contributed by atoms with Crippen molar-refractivity contribution in [3.05, 3.63) is 71.0 Å². The fourth-order valence-electron chi connectivity index (χ4n) is 3.36. The predicted octanol–water partition coefficient (Wildman–Crippen LogP) is 2.27. The van der Waals surface area contributed by atoms with Crippen LogP contribution in [0.5, 0.6) is 0 Å². The van der Waals surface area contributed by atoms with E-state index in [1.54, 1.807) is 46.3 Å². The monoisotopic (exact) mass is 334 g/mol. The smallest absolute Gasteiger partial charge is 0.272 e. The summed E-state index contributed by atoms with van der Waals surface area (Å²) in [4.78, 5) is 35.7. The van der Waals surface area contributed by atoms with Crippen LogP contribution in [0, 0.1) is 0 Å². The van der Waals surface area contributed by atoms with Gasteiger partial charge in [0, 0.05) is 19.3 Å². The number of hydrogen-bond acceptors (Lipinski definition) is 4. The van der Waals surface area contributed by atoms with Crippen molar-refractivity contribution in [2.24, 2.45) is 0 Å². The van der Waals surface area contributed by atoms with Gasteiger partial charge in [-0.1, -0.05) is 18.2 Å². The molecule has 25 heavy (non-hydrogen) atoms. The van der Waals surface area contributed by atoms with Gasteiger partial charge in [-0.05, 0) is 37.1 Å². The second-order valence-corrected chi connectivity index (χ2v) is 6.24. The molecule has 1 atom stereocenters. The molecule has 0 spiro atoms. The number of hydrogen-bond donors (Lipinski definition) is 0. The molecular weight excluding hydrogens is 316 g/mol. The Morgan fingerprint density at radius 3 is 2.76 bits per heavy atom. The fourth-order valence-corrected chi connectivity index (χ4v) is 3.36. The van der Waals surface area contributed by atoms with E-state index in [1.165, 1.54) is 0 Å². The molecule has 3 heterocycles. The Hall–Kier alpha value is -3.02. The minimum Gasteiger partial charge on any atom is -0.335 e. The van der Waals surface area contributed by atoms with E-state index in [2.05, 4.69) is 9.97 Å². The minimum atomic E-state index is -0.0907. The zero-order valence-corrected chi connectivity index (χ0v) is 13.7. The van der Waals surface area contributed by atoms with Crippen molar-refractivity contribution in [1.29, 1.82) is 0 Å². The van der Waals surface area contributed by atoms with Crippen molar-refractivity contribution in [3.8, 4) is 0 Å². The molecule has 0 aliphatic carbocycles. The van der Waals surface area contributed by atoms with Crippen LogP contribution < -0.4 is 5.56 Å². The predicted molar refractivity (Wildman–Crippen MR) is 94.4 cm³/mol. The van der Waals surface area contributed by atoms with Crippen LogP contribution in [0.3, 0.4) is 0 Å². The minimum absolute atomic E-state index is 0.0530. The van der Waals surface area contributed by atoms with Gasteiger partial charge in [-0.15, -0.1) is 0 Å². The van der Waals surface area contributed by atoms with E-state index >= 15 is 0 Å². The molecule has 1 aliphatic heterocycles. The first-order valence-corrected chi connectivity index (χ1v) is 8.40. The van der Waals surface area contributed by atoms with Crippen molar-refractivity contribution >= 4 is 16.8 Å². The molecular formula is C19H18N4O2. The molecule has 1 amide bonds. The van der Waals surface area contributed by atoms with Gasteiger partial charge in [-0.3, -0.25) is 19.1 Å². The Morgan fingerprint density at radius 2 is 1.92 bits per heavy atom. The van der Waals surface area contributed by atoms with Crippen LogP contribution in [0.2, 0.25) is 0 Å². The summed E-state index contributed by atoms with van der Waals surface area (Å²) >= 11 is 0. The third kappa shape index (κ3) is 2.91. The van der Waals surface area contributed by atoms with Crippen LogP contribution in [0.4, 0.5) is 0 Å². The van der Waals surface area contributed by atoms with Crippen molar-refractivity contribution in [2.45, 2.75) is 18.9 Å². The highest BCUT2D eigenvalue weighted by atomic mass is 16.2. The lowest BCUT2D eigenvalue weighted by molar-refractivity contribution is 0.0671. The Kier molecular flexibility index (Phi) is 4.01. The van der Waals surface area contributed by atoms with E-state index in [1.807, 2.05) is 18.2 Å². The normalized spacial score (nSPS) is 17.6. The van der Waals surface area contributed by atoms with E-state index < -0.39 is 0 Å². The van der Waals surface area contributed by atoms with Gasteiger partial charge in [-0.25, -0.2) is 4.98 Å². The van der Waals surface area contributed by atoms with Gasteiger partial charge >= 0.3 is 0 Å². The number of benzene rings is 1. The summed E-state index contributed by atoms with van der Waals surface area (Å²) in [6.07, 6.45) is 4.92. The van der Waals surface area contributed by atoms with Crippen LogP contribution in [0.25, 0.3) is 10.9 Å². The molecule has 1 aromatic carbocycles. The lowest BCUT2D eigenvalue weighted by Crippen LogP contribution is -2.43. The molecule has 1 saturated heterocycles. The Balaban J connectivity index is 1.63. The largest absolute Gasteiger partial charge is 0.335 e. The van der Waals surface area contributed by atoms with Gasteiger partial charge in [0.2, 0.25) is 0 Å². The Morgan fingerprint density at radius 1 is 1.08 bits per heavy atom. The number of carbonyl (C=O) groups is 1. The molecule has 0 radical (unpaired) electrons. The van der Waals surface area contributed by atoms with Gasteiger partial charge in [-0.2, -0.15) is 0 Å². The molecule has 6 nitrogen and oxygen atoms in total. The van der Waals surface area contributed by atoms with Crippen molar-refractivity contribution < 1.29 is 4.79 Å². The van der Waals surface area contributed by atoms with Gasteiger partial charge in [0.15, 0.2) is 0 Å². The number of aromatic nitrogens is 3. The van der Waals surface area contributed by atoms with E-state index in [4.69, 9.17) is 0 Å². The lowest BCUT2D eigenvalue weighted by Gasteiger charge is -2.33. The first-order valence-electron chi connectivity index (χ1n) is 8.40. The van der Waals surface area contributed by atoms with E-state index in [-0.39, 0.29) is 17.5 Å². The molecule has 4 rings (SSSR count). The molecule has 1 fully saturated rings. The van der Waals surface area contributed by atoms with E-state index in [0.717, 1.165) is 12.8 Å². The standard InChI is InChI=1S/C19H18N4O2/c24-18-15-7-1-2-8-16(15)21-13-23(18)14-6-5-11-22(12-14)19(25)17-9-3-4-10-20-17/h1-4,7-10,13-14H,5-6,11-12H2/t14-/m1/s1. The second-order valence-electron chi connectivity index (χ2n) is 6.24. The number of amides is 1. The van der Waals surface area contributed by atoms with Crippen LogP contribution in [-0.2, 0) is 0 Å². The number of piperidine rings is 1. The van der Waals surface area contributed by atoms with Crippen LogP contribution in [-0.4, -0.2) is 38.4 Å². The molecule has 126 valence electrons. The van der Waals surface area contributed by atoms with Crippen LogP contribution >= 0.6 is 0 Å². The molecule has 0 saturated carbocycles. The number of carbonyl (C=O) groups excluding carboxylic acids is 1. The Labute approximate surface area is 144 Å². The topological polar surface area (TPSA) is 68.1 Å². The van der Waals surface area contributed by atoms with Gasteiger partial charge in [0.1, 0.15) is 5.69 Å². The summed E-state index contributed by atoms with van der Waals surface area (Å²) in [5.74, 6) is -0.0907. The average molecular weight is 334 g/mol. The number of para-hydroxylation sites is 1. The summed E-state index contributed by atoms with van der Waals surface area (Å²) < 4.78 is 1.67. The maximum atomic E-state index is 12.8. The Bertz CT molecular complexity index is 968. The summed E-state index contributed by atoms with van der Waals surface area (Å²) in [5.41, 5.74) is 1.08. The van der Waals surface area contributed by atoms with Crippen molar-refractivity contribution in [3.63, 3.8) is 0 Å². The third-order valence-electron chi connectivity index (χ3n) is 4.65. The number of rotatable bonds is 2. The molecule has 1 aliphatic rings. The SMILES string of the molecule is O=C(c1ccccn1)N1CCC[C@@H](n2cnc3ccccc3c2=O)C1. The molecule has 3 aromatic rings. The molecule has 0 N–H and O–H groups in total. The number of pyridine rings is 1. The van der Waals surface area contributed by atoms with Crippen LogP contribution in [0.1, 0.15) is 29.4 Å². The number of likely N-dealkylation sites (tertiary alicyclic amines) is 1. The number of fused-ring (bicyclic) bond motifs is 1. The van der Waals surface area contributed by atoms with Gasteiger partial charge in [0.05, 0.1) is 23.3 Å². The first kappa shape index (κ1) is 15.5. The summed E-state index contributed by atoms with van der Waals surface area (Å²) in [5, 5.41) is 0.609. The maximum absolute atomic E-state index is 12.8. The lowest BCUT2D eigenvalue weighted by atomic mass is 10.0. The van der Waals surface area contributed by atoms with Crippen molar-refractivity contribution in [1.82, 2.24) is 19.4 Å². The molecule has 0 unspecified atom stereocenters. The van der Waals surface area contributed by atoms with E-state index in [0.29, 0.717) is 29.7 Å². The maximum Gasteiger partial charge on any atom is 0.272 e.